The van der Waals surface area contributed by atoms with E-state index in [4.69, 9.17) is 0 Å². The van der Waals surface area contributed by atoms with Gasteiger partial charge in [-0.15, -0.1) is 0 Å². The molecule has 0 bridgehead atoms. The average Bonchev–Trinajstić information content (AvgIpc) is 3.14. The molecule has 0 radical (unpaired) electrons. The van der Waals surface area contributed by atoms with Crippen LogP contribution in [0.1, 0.15) is 42.5 Å². The zero-order valence-electron chi connectivity index (χ0n) is 13.6. The first kappa shape index (κ1) is 17.3. The van der Waals surface area contributed by atoms with Crippen LogP contribution in [-0.4, -0.2) is 41.4 Å². The number of urea groups is 1. The van der Waals surface area contributed by atoms with Gasteiger partial charge in [0, 0.05) is 18.7 Å². The molecule has 2 fully saturated rings. The van der Waals surface area contributed by atoms with E-state index < -0.39 is 23.1 Å². The lowest BCUT2D eigenvalue weighted by Gasteiger charge is -2.20. The van der Waals surface area contributed by atoms with Crippen LogP contribution in [-0.2, 0) is 4.79 Å². The molecular formula is C17H19F2N3O3. The molecule has 2 aliphatic rings. The van der Waals surface area contributed by atoms with Crippen LogP contribution in [0, 0.1) is 11.6 Å². The number of carbonyl (C=O) groups excluding carboxylic acids is 3. The summed E-state index contributed by atoms with van der Waals surface area (Å²) in [6, 6.07) is 2.51. The molecule has 1 aliphatic carbocycles. The van der Waals surface area contributed by atoms with Gasteiger partial charge in [-0.2, -0.15) is 0 Å². The zero-order valence-corrected chi connectivity index (χ0v) is 13.6. The molecule has 0 aromatic heterocycles. The Morgan fingerprint density at radius 1 is 1.20 bits per heavy atom. The summed E-state index contributed by atoms with van der Waals surface area (Å²) in [5.41, 5.74) is -0.717. The number of benzene rings is 1. The van der Waals surface area contributed by atoms with E-state index >= 15 is 0 Å². The van der Waals surface area contributed by atoms with E-state index in [1.807, 2.05) is 0 Å². The van der Waals surface area contributed by atoms with E-state index in [0.717, 1.165) is 25.0 Å². The molecule has 1 saturated heterocycles. The van der Waals surface area contributed by atoms with Crippen LogP contribution in [0.25, 0.3) is 0 Å². The SMILES string of the molecule is O=C(NCCCN1C(=O)NC2(CCCC2)C1=O)c1ccc(F)c(F)c1. The third kappa shape index (κ3) is 3.33. The number of amides is 4. The molecule has 25 heavy (non-hydrogen) atoms. The molecule has 1 aromatic rings. The Hall–Kier alpha value is -2.51. The molecule has 0 unspecified atom stereocenters. The van der Waals surface area contributed by atoms with Crippen LogP contribution < -0.4 is 10.6 Å². The number of nitrogens with zero attached hydrogens (tertiary/aromatic N) is 1. The van der Waals surface area contributed by atoms with Gasteiger partial charge >= 0.3 is 6.03 Å². The normalized spacial score (nSPS) is 18.7. The third-order valence-electron chi connectivity index (χ3n) is 4.73. The van der Waals surface area contributed by atoms with E-state index in [2.05, 4.69) is 10.6 Å². The first-order valence-electron chi connectivity index (χ1n) is 8.30. The van der Waals surface area contributed by atoms with Crippen molar-refractivity contribution in [1.82, 2.24) is 15.5 Å². The number of halogens is 2. The minimum Gasteiger partial charge on any atom is -0.352 e. The Balaban J connectivity index is 1.48. The Labute approximate surface area is 143 Å². The third-order valence-corrected chi connectivity index (χ3v) is 4.73. The average molecular weight is 351 g/mol. The maximum atomic E-state index is 13.1. The minimum atomic E-state index is -1.09. The van der Waals surface area contributed by atoms with Crippen molar-refractivity contribution in [3.63, 3.8) is 0 Å². The second kappa shape index (κ2) is 6.78. The first-order valence-corrected chi connectivity index (χ1v) is 8.30. The van der Waals surface area contributed by atoms with Crippen molar-refractivity contribution in [3.05, 3.63) is 35.4 Å². The van der Waals surface area contributed by atoms with Crippen molar-refractivity contribution in [2.45, 2.75) is 37.6 Å². The van der Waals surface area contributed by atoms with Gasteiger partial charge in [-0.25, -0.2) is 13.6 Å². The number of rotatable bonds is 5. The molecule has 4 amide bonds. The Morgan fingerprint density at radius 3 is 2.60 bits per heavy atom. The van der Waals surface area contributed by atoms with Crippen molar-refractivity contribution in [3.8, 4) is 0 Å². The van der Waals surface area contributed by atoms with Gasteiger partial charge in [0.15, 0.2) is 11.6 Å². The van der Waals surface area contributed by atoms with Crippen LogP contribution in [0.2, 0.25) is 0 Å². The molecule has 1 spiro atoms. The van der Waals surface area contributed by atoms with Crippen LogP contribution >= 0.6 is 0 Å². The fourth-order valence-electron chi connectivity index (χ4n) is 3.38. The molecule has 3 rings (SSSR count). The van der Waals surface area contributed by atoms with Gasteiger partial charge < -0.3 is 10.6 Å². The lowest BCUT2D eigenvalue weighted by Crippen LogP contribution is -2.44. The molecule has 8 heteroatoms. The summed E-state index contributed by atoms with van der Waals surface area (Å²) >= 11 is 0. The summed E-state index contributed by atoms with van der Waals surface area (Å²) in [6.07, 6.45) is 3.56. The second-order valence-corrected chi connectivity index (χ2v) is 6.41. The second-order valence-electron chi connectivity index (χ2n) is 6.41. The minimum absolute atomic E-state index is 0.0128. The topological polar surface area (TPSA) is 78.5 Å². The van der Waals surface area contributed by atoms with Crippen LogP contribution in [0.4, 0.5) is 13.6 Å². The Bertz CT molecular complexity index is 717. The summed E-state index contributed by atoms with van der Waals surface area (Å²) in [5, 5.41) is 5.35. The smallest absolute Gasteiger partial charge is 0.325 e. The van der Waals surface area contributed by atoms with Crippen LogP contribution in [0.15, 0.2) is 18.2 Å². The van der Waals surface area contributed by atoms with Gasteiger partial charge in [-0.05, 0) is 37.5 Å². The summed E-state index contributed by atoms with van der Waals surface area (Å²) in [4.78, 5) is 37.5. The van der Waals surface area contributed by atoms with Crippen molar-refractivity contribution in [2.75, 3.05) is 13.1 Å². The van der Waals surface area contributed by atoms with Crippen LogP contribution in [0.5, 0.6) is 0 Å². The fourth-order valence-corrected chi connectivity index (χ4v) is 3.38. The van der Waals surface area contributed by atoms with E-state index in [0.29, 0.717) is 19.3 Å². The fraction of sp³-hybridized carbons (Fsp3) is 0.471. The van der Waals surface area contributed by atoms with E-state index in [-0.39, 0.29) is 30.6 Å². The monoisotopic (exact) mass is 351 g/mol. The van der Waals surface area contributed by atoms with Crippen LogP contribution in [0.3, 0.4) is 0 Å². The molecule has 1 saturated carbocycles. The number of nitrogens with one attached hydrogen (secondary N) is 2. The van der Waals surface area contributed by atoms with Gasteiger partial charge in [0.05, 0.1) is 0 Å². The highest BCUT2D eigenvalue weighted by atomic mass is 19.2. The Morgan fingerprint density at radius 2 is 1.92 bits per heavy atom. The van der Waals surface area contributed by atoms with E-state index in [1.54, 1.807) is 0 Å². The lowest BCUT2D eigenvalue weighted by atomic mass is 9.98. The molecule has 2 N–H and O–H groups in total. The maximum absolute atomic E-state index is 13.1. The number of carbonyl (C=O) groups is 3. The molecule has 0 atom stereocenters. The van der Waals surface area contributed by atoms with Gasteiger partial charge in [0.25, 0.3) is 11.8 Å². The van der Waals surface area contributed by atoms with Gasteiger partial charge in [-0.3, -0.25) is 14.5 Å². The first-order chi connectivity index (χ1) is 11.9. The van der Waals surface area contributed by atoms with Crippen molar-refractivity contribution >= 4 is 17.8 Å². The standard InChI is InChI=1S/C17H19F2N3O3/c18-12-5-4-11(10-13(12)19)14(23)20-8-3-9-22-15(24)17(21-16(22)25)6-1-2-7-17/h4-5,10H,1-3,6-9H2,(H,20,23)(H,21,25). The molecular weight excluding hydrogens is 332 g/mol. The van der Waals surface area contributed by atoms with Gasteiger partial charge in [0.2, 0.25) is 0 Å². The highest BCUT2D eigenvalue weighted by molar-refractivity contribution is 6.07. The maximum Gasteiger partial charge on any atom is 0.325 e. The highest BCUT2D eigenvalue weighted by Gasteiger charge is 2.51. The van der Waals surface area contributed by atoms with E-state index in [1.165, 1.54) is 11.0 Å². The summed E-state index contributed by atoms with van der Waals surface area (Å²) in [7, 11) is 0. The van der Waals surface area contributed by atoms with Gasteiger partial charge in [-0.1, -0.05) is 12.8 Å². The predicted octanol–water partition coefficient (Wildman–Crippen LogP) is 1.95. The molecule has 1 aliphatic heterocycles. The highest BCUT2D eigenvalue weighted by Crippen LogP contribution is 2.34. The number of hydrogen-bond acceptors (Lipinski definition) is 3. The quantitative estimate of drug-likeness (QED) is 0.629. The summed E-state index contributed by atoms with van der Waals surface area (Å²) in [5.74, 6) is -2.84. The largest absolute Gasteiger partial charge is 0.352 e. The Kier molecular flexibility index (Phi) is 4.69. The molecule has 1 aromatic carbocycles. The van der Waals surface area contributed by atoms with Gasteiger partial charge in [0.1, 0.15) is 5.54 Å². The van der Waals surface area contributed by atoms with Crippen molar-refractivity contribution in [1.29, 1.82) is 0 Å². The summed E-state index contributed by atoms with van der Waals surface area (Å²) in [6.45, 7) is 0.409. The molecule has 1 heterocycles. The van der Waals surface area contributed by atoms with E-state index in [9.17, 15) is 23.2 Å². The number of hydrogen-bond donors (Lipinski definition) is 2. The summed E-state index contributed by atoms with van der Waals surface area (Å²) < 4.78 is 26.0. The van der Waals surface area contributed by atoms with Crippen molar-refractivity contribution in [2.24, 2.45) is 0 Å². The zero-order chi connectivity index (χ0) is 18.0. The number of imide groups is 1. The lowest BCUT2D eigenvalue weighted by molar-refractivity contribution is -0.131. The predicted molar refractivity (Wildman–Crippen MR) is 84.8 cm³/mol. The van der Waals surface area contributed by atoms with Crippen molar-refractivity contribution < 1.29 is 23.2 Å². The molecule has 134 valence electrons. The molecule has 6 nitrogen and oxygen atoms in total.